The molecule has 0 aromatic carbocycles. The highest BCUT2D eigenvalue weighted by Gasteiger charge is 2.36. The number of hydrogen-bond donors (Lipinski definition) is 1. The third-order valence-electron chi connectivity index (χ3n) is 5.51. The van der Waals surface area contributed by atoms with E-state index in [0.717, 1.165) is 56.6 Å². The van der Waals surface area contributed by atoms with Crippen molar-refractivity contribution in [1.29, 1.82) is 0 Å². The summed E-state index contributed by atoms with van der Waals surface area (Å²) in [4.78, 5) is 30.4. The van der Waals surface area contributed by atoms with E-state index in [2.05, 4.69) is 5.32 Å². The van der Waals surface area contributed by atoms with Crippen LogP contribution in [0, 0.1) is 5.92 Å². The maximum atomic E-state index is 13.1. The Morgan fingerprint density at radius 1 is 1.19 bits per heavy atom. The molecule has 0 bridgehead atoms. The molecule has 3 heterocycles. The highest BCUT2D eigenvalue weighted by atomic mass is 35.5. The second-order valence-electron chi connectivity index (χ2n) is 7.15. The Bertz CT molecular complexity index is 573. The van der Waals surface area contributed by atoms with Gasteiger partial charge in [-0.1, -0.05) is 6.07 Å². The predicted octanol–water partition coefficient (Wildman–Crippen LogP) is 3.01. The van der Waals surface area contributed by atoms with Crippen LogP contribution in [0.1, 0.15) is 48.2 Å². The Labute approximate surface area is 166 Å². The van der Waals surface area contributed by atoms with Gasteiger partial charge in [-0.3, -0.25) is 9.59 Å². The maximum Gasteiger partial charge on any atom is 0.264 e. The second-order valence-corrected chi connectivity index (χ2v) is 8.10. The molecule has 146 valence electrons. The van der Waals surface area contributed by atoms with E-state index in [1.54, 1.807) is 0 Å². The lowest BCUT2D eigenvalue weighted by molar-refractivity contribution is -0.138. The number of thiophene rings is 1. The summed E-state index contributed by atoms with van der Waals surface area (Å²) in [5.74, 6) is 0.903. The van der Waals surface area contributed by atoms with Crippen LogP contribution in [0.5, 0.6) is 0 Å². The molecule has 0 radical (unpaired) electrons. The van der Waals surface area contributed by atoms with Crippen molar-refractivity contribution >= 4 is 35.6 Å². The average molecular weight is 400 g/mol. The van der Waals surface area contributed by atoms with E-state index in [1.807, 2.05) is 34.4 Å². The van der Waals surface area contributed by atoms with Crippen molar-refractivity contribution in [3.05, 3.63) is 22.4 Å². The molecule has 0 saturated carbocycles. The number of hydrogen-bond acceptors (Lipinski definition) is 4. The van der Waals surface area contributed by atoms with E-state index in [4.69, 9.17) is 0 Å². The summed E-state index contributed by atoms with van der Waals surface area (Å²) in [5, 5.41) is 5.13. The topological polar surface area (TPSA) is 52.7 Å². The Hall–Kier alpha value is -1.11. The zero-order valence-electron chi connectivity index (χ0n) is 15.5. The first kappa shape index (κ1) is 21.2. The summed E-state index contributed by atoms with van der Waals surface area (Å²) in [5.41, 5.74) is 0. The summed E-state index contributed by atoms with van der Waals surface area (Å²) in [6.45, 7) is 3.42. The lowest BCUT2D eigenvalue weighted by atomic mass is 9.92. The van der Waals surface area contributed by atoms with Crippen molar-refractivity contribution in [2.75, 3.05) is 33.2 Å². The number of carbonyl (C=O) groups is 2. The van der Waals surface area contributed by atoms with Crippen molar-refractivity contribution in [3.63, 3.8) is 0 Å². The van der Waals surface area contributed by atoms with Gasteiger partial charge in [0, 0.05) is 19.6 Å². The first-order chi connectivity index (χ1) is 12.2. The molecule has 2 aliphatic rings. The van der Waals surface area contributed by atoms with Gasteiger partial charge in [0.2, 0.25) is 5.91 Å². The smallest absolute Gasteiger partial charge is 0.264 e. The van der Waals surface area contributed by atoms with Crippen LogP contribution >= 0.6 is 23.7 Å². The number of piperidine rings is 2. The molecule has 2 fully saturated rings. The highest BCUT2D eigenvalue weighted by molar-refractivity contribution is 7.12. The standard InChI is InChI=1S/C19H29N3O2S.ClH/c1-20-10-7-15-8-12-21(13-9-15)18(23)16-5-2-3-11-22(16)19(24)17-6-4-14-25-17;/h4,6,14-16,20H,2-3,5,7-13H2,1H3;1H. The molecule has 1 unspecified atom stereocenters. The molecule has 1 N–H and O–H groups in total. The monoisotopic (exact) mass is 399 g/mol. The van der Waals surface area contributed by atoms with Crippen LogP contribution < -0.4 is 5.32 Å². The number of nitrogens with zero attached hydrogens (tertiary/aromatic N) is 2. The first-order valence-corrected chi connectivity index (χ1v) is 10.4. The van der Waals surface area contributed by atoms with E-state index in [0.29, 0.717) is 12.5 Å². The molecular weight excluding hydrogens is 370 g/mol. The molecule has 1 aromatic heterocycles. The molecule has 0 aliphatic carbocycles. The lowest BCUT2D eigenvalue weighted by Gasteiger charge is -2.40. The molecule has 5 nitrogen and oxygen atoms in total. The number of likely N-dealkylation sites (tertiary alicyclic amines) is 2. The predicted molar refractivity (Wildman–Crippen MR) is 108 cm³/mol. The molecule has 2 amide bonds. The summed E-state index contributed by atoms with van der Waals surface area (Å²) < 4.78 is 0. The van der Waals surface area contributed by atoms with Crippen LogP contribution in [0.4, 0.5) is 0 Å². The van der Waals surface area contributed by atoms with Gasteiger partial charge in [0.25, 0.3) is 5.91 Å². The molecule has 7 heteroatoms. The normalized spacial score (nSPS) is 21.3. The molecule has 3 rings (SSSR count). The fourth-order valence-corrected chi connectivity index (χ4v) is 4.65. The van der Waals surface area contributed by atoms with Crippen LogP contribution in [0.3, 0.4) is 0 Å². The van der Waals surface area contributed by atoms with Crippen molar-refractivity contribution in [3.8, 4) is 0 Å². The lowest BCUT2D eigenvalue weighted by Crippen LogP contribution is -2.54. The molecule has 2 saturated heterocycles. The van der Waals surface area contributed by atoms with Crippen molar-refractivity contribution < 1.29 is 9.59 Å². The van der Waals surface area contributed by atoms with Gasteiger partial charge in [0.1, 0.15) is 6.04 Å². The highest BCUT2D eigenvalue weighted by Crippen LogP contribution is 2.26. The van der Waals surface area contributed by atoms with Crippen molar-refractivity contribution in [1.82, 2.24) is 15.1 Å². The summed E-state index contributed by atoms with van der Waals surface area (Å²) in [6, 6.07) is 3.49. The minimum atomic E-state index is -0.266. The molecule has 2 aliphatic heterocycles. The largest absolute Gasteiger partial charge is 0.341 e. The Morgan fingerprint density at radius 2 is 1.96 bits per heavy atom. The molecule has 26 heavy (non-hydrogen) atoms. The van der Waals surface area contributed by atoms with Gasteiger partial charge in [-0.05, 0) is 69.5 Å². The quantitative estimate of drug-likeness (QED) is 0.827. The summed E-state index contributed by atoms with van der Waals surface area (Å²) >= 11 is 1.46. The van der Waals surface area contributed by atoms with Gasteiger partial charge in [-0.15, -0.1) is 23.7 Å². The van der Waals surface area contributed by atoms with Crippen LogP contribution in [0.25, 0.3) is 0 Å². The molecule has 0 spiro atoms. The summed E-state index contributed by atoms with van der Waals surface area (Å²) in [6.07, 6.45) is 6.18. The van der Waals surface area contributed by atoms with E-state index in [9.17, 15) is 9.59 Å². The number of rotatable bonds is 5. The SMILES string of the molecule is CNCCC1CCN(C(=O)C2CCCCN2C(=O)c2cccs2)CC1.Cl. The van der Waals surface area contributed by atoms with Gasteiger partial charge in [0.15, 0.2) is 0 Å². The molecule has 1 atom stereocenters. The third-order valence-corrected chi connectivity index (χ3v) is 6.37. The zero-order valence-corrected chi connectivity index (χ0v) is 17.1. The molecule has 1 aromatic rings. The van der Waals surface area contributed by atoms with E-state index in [1.165, 1.54) is 17.8 Å². The fourth-order valence-electron chi connectivity index (χ4n) is 3.97. The van der Waals surface area contributed by atoms with Crippen LogP contribution in [0.15, 0.2) is 17.5 Å². The summed E-state index contributed by atoms with van der Waals surface area (Å²) in [7, 11) is 1.99. The number of halogens is 1. The minimum absolute atomic E-state index is 0. The number of amides is 2. The van der Waals surface area contributed by atoms with Crippen molar-refractivity contribution in [2.24, 2.45) is 5.92 Å². The zero-order chi connectivity index (χ0) is 17.6. The molecular formula is C19H30ClN3O2S. The minimum Gasteiger partial charge on any atom is -0.341 e. The third kappa shape index (κ3) is 4.99. The van der Waals surface area contributed by atoms with Crippen LogP contribution in [-0.4, -0.2) is 60.9 Å². The number of nitrogens with one attached hydrogen (secondary N) is 1. The van der Waals surface area contributed by atoms with Gasteiger partial charge >= 0.3 is 0 Å². The van der Waals surface area contributed by atoms with E-state index >= 15 is 0 Å². The van der Waals surface area contributed by atoms with Gasteiger partial charge in [-0.2, -0.15) is 0 Å². The Morgan fingerprint density at radius 3 is 2.62 bits per heavy atom. The number of carbonyl (C=O) groups excluding carboxylic acids is 2. The maximum absolute atomic E-state index is 13.1. The van der Waals surface area contributed by atoms with E-state index < -0.39 is 0 Å². The first-order valence-electron chi connectivity index (χ1n) is 9.48. The van der Waals surface area contributed by atoms with E-state index in [-0.39, 0.29) is 30.3 Å². The second kappa shape index (κ2) is 10.3. The Balaban J connectivity index is 0.00000243. The Kier molecular flexibility index (Phi) is 8.38. The van der Waals surface area contributed by atoms with Crippen LogP contribution in [0.2, 0.25) is 0 Å². The van der Waals surface area contributed by atoms with Crippen LogP contribution in [-0.2, 0) is 4.79 Å². The van der Waals surface area contributed by atoms with Gasteiger partial charge in [0.05, 0.1) is 4.88 Å². The van der Waals surface area contributed by atoms with Crippen molar-refractivity contribution in [2.45, 2.75) is 44.6 Å². The van der Waals surface area contributed by atoms with Gasteiger partial charge < -0.3 is 15.1 Å². The van der Waals surface area contributed by atoms with Gasteiger partial charge in [-0.25, -0.2) is 0 Å². The fraction of sp³-hybridized carbons (Fsp3) is 0.684. The average Bonchev–Trinajstić information content (AvgIpc) is 3.20.